The van der Waals surface area contributed by atoms with Crippen LogP contribution in [-0.4, -0.2) is 55.0 Å². The molecule has 2 aliphatic heterocycles. The maximum Gasteiger partial charge on any atom is 0.416 e. The molecule has 0 unspecified atom stereocenters. The summed E-state index contributed by atoms with van der Waals surface area (Å²) in [7, 11) is 1.47. The second kappa shape index (κ2) is 7.98. The Morgan fingerprint density at radius 2 is 1.79 bits per heavy atom. The molecule has 2 aliphatic rings. The summed E-state index contributed by atoms with van der Waals surface area (Å²) in [4.78, 5) is 41.9. The summed E-state index contributed by atoms with van der Waals surface area (Å²) >= 11 is 0. The number of alkyl halides is 3. The van der Waals surface area contributed by atoms with Crippen LogP contribution >= 0.6 is 0 Å². The van der Waals surface area contributed by atoms with Crippen LogP contribution in [0.25, 0.3) is 0 Å². The van der Waals surface area contributed by atoms with E-state index in [4.69, 9.17) is 10.5 Å². The van der Waals surface area contributed by atoms with Crippen LogP contribution in [0.15, 0.2) is 42.5 Å². The highest BCUT2D eigenvalue weighted by Crippen LogP contribution is 2.46. The van der Waals surface area contributed by atoms with Crippen molar-refractivity contribution in [2.75, 3.05) is 30.0 Å². The van der Waals surface area contributed by atoms with Gasteiger partial charge < -0.3 is 20.3 Å². The molecule has 2 N–H and O–H groups in total. The van der Waals surface area contributed by atoms with Crippen LogP contribution in [0.4, 0.5) is 24.5 Å². The average Bonchev–Trinajstić information content (AvgIpc) is 3.09. The number of hydrogen-bond donors (Lipinski definition) is 1. The Hall–Kier alpha value is -3.76. The van der Waals surface area contributed by atoms with Crippen molar-refractivity contribution < 1.29 is 32.3 Å². The number of anilines is 2. The first kappa shape index (κ1) is 22.4. The van der Waals surface area contributed by atoms with E-state index >= 15 is 0 Å². The van der Waals surface area contributed by atoms with Crippen molar-refractivity contribution in [1.82, 2.24) is 4.90 Å². The van der Waals surface area contributed by atoms with Gasteiger partial charge in [-0.05, 0) is 49.4 Å². The molecule has 8 nitrogen and oxygen atoms in total. The molecule has 33 heavy (non-hydrogen) atoms. The topological polar surface area (TPSA) is 96.2 Å². The Kier molecular flexibility index (Phi) is 5.43. The number of benzene rings is 2. The van der Waals surface area contributed by atoms with E-state index in [0.717, 1.165) is 12.1 Å². The van der Waals surface area contributed by atoms with Crippen LogP contribution in [-0.2, 0) is 15.8 Å². The number of carbonyl (C=O) groups excluding carboxylic acids is 3. The third kappa shape index (κ3) is 3.83. The zero-order valence-corrected chi connectivity index (χ0v) is 17.8. The third-order valence-electron chi connectivity index (χ3n) is 5.83. The number of primary amides is 1. The maximum absolute atomic E-state index is 13.5. The smallest absolute Gasteiger partial charge is 0.416 e. The van der Waals surface area contributed by atoms with E-state index in [9.17, 15) is 27.6 Å². The molecule has 0 bridgehead atoms. The van der Waals surface area contributed by atoms with Crippen LogP contribution in [0.2, 0.25) is 0 Å². The zero-order chi connectivity index (χ0) is 24.1. The standard InChI is InChI=1S/C22H21F3N4O4/c1-12-20(31)27(10-18(26)30)11-19-28(12)16-8-5-14(22(23,24)25)9-17(16)29(19)21(32)13-3-6-15(33-2)7-4-13/h3-9,12,19H,10-11H2,1-2H3,(H2,26,30)/t12-,19-/m0/s1. The van der Waals surface area contributed by atoms with Crippen LogP contribution in [0.1, 0.15) is 22.8 Å². The van der Waals surface area contributed by atoms with Crippen molar-refractivity contribution in [3.8, 4) is 5.75 Å². The number of nitrogens with zero attached hydrogens (tertiary/aromatic N) is 3. The number of carbonyl (C=O) groups is 3. The van der Waals surface area contributed by atoms with Crippen molar-refractivity contribution >= 4 is 29.1 Å². The minimum absolute atomic E-state index is 0.0382. The van der Waals surface area contributed by atoms with Crippen LogP contribution in [0.5, 0.6) is 5.75 Å². The zero-order valence-electron chi connectivity index (χ0n) is 17.8. The van der Waals surface area contributed by atoms with Gasteiger partial charge in [0.15, 0.2) is 0 Å². The van der Waals surface area contributed by atoms with Gasteiger partial charge in [0.05, 0.1) is 37.1 Å². The van der Waals surface area contributed by atoms with E-state index in [0.29, 0.717) is 11.4 Å². The summed E-state index contributed by atoms with van der Waals surface area (Å²) in [6, 6.07) is 8.42. The van der Waals surface area contributed by atoms with Gasteiger partial charge >= 0.3 is 6.18 Å². The second-order valence-corrected chi connectivity index (χ2v) is 7.85. The van der Waals surface area contributed by atoms with Gasteiger partial charge in [-0.15, -0.1) is 0 Å². The SMILES string of the molecule is COc1ccc(C(=O)N2c3cc(C(F)(F)F)ccc3N3[C@@H]2CN(CC(N)=O)C(=O)[C@@H]3C)cc1. The fourth-order valence-corrected chi connectivity index (χ4v) is 4.31. The highest BCUT2D eigenvalue weighted by molar-refractivity contribution is 6.11. The largest absolute Gasteiger partial charge is 0.497 e. The Morgan fingerprint density at radius 1 is 1.12 bits per heavy atom. The quantitative estimate of drug-likeness (QED) is 0.752. The first-order chi connectivity index (χ1) is 15.5. The van der Waals surface area contributed by atoms with Crippen LogP contribution in [0, 0.1) is 0 Å². The minimum atomic E-state index is -4.62. The molecule has 0 spiro atoms. The molecule has 11 heteroatoms. The van der Waals surface area contributed by atoms with E-state index in [1.165, 1.54) is 35.1 Å². The summed E-state index contributed by atoms with van der Waals surface area (Å²) in [5, 5.41) is 0. The normalized spacial score (nSPS) is 19.9. The highest BCUT2D eigenvalue weighted by Gasteiger charge is 2.49. The van der Waals surface area contributed by atoms with E-state index in [1.54, 1.807) is 24.0 Å². The van der Waals surface area contributed by atoms with Gasteiger partial charge in [-0.2, -0.15) is 13.2 Å². The summed E-state index contributed by atoms with van der Waals surface area (Å²) < 4.78 is 45.5. The van der Waals surface area contributed by atoms with Gasteiger partial charge in [0.1, 0.15) is 18.0 Å². The number of halogens is 3. The Bertz CT molecular complexity index is 1120. The van der Waals surface area contributed by atoms with Gasteiger partial charge in [-0.3, -0.25) is 19.3 Å². The number of piperazine rings is 1. The maximum atomic E-state index is 13.5. The van der Waals surface area contributed by atoms with Crippen molar-refractivity contribution in [2.45, 2.75) is 25.3 Å². The number of hydrogen-bond acceptors (Lipinski definition) is 5. The number of methoxy groups -OCH3 is 1. The molecular weight excluding hydrogens is 441 g/mol. The molecule has 2 aromatic rings. The molecule has 1 fully saturated rings. The van der Waals surface area contributed by atoms with Crippen molar-refractivity contribution in [3.05, 3.63) is 53.6 Å². The van der Waals surface area contributed by atoms with Gasteiger partial charge in [0, 0.05) is 5.56 Å². The summed E-state index contributed by atoms with van der Waals surface area (Å²) in [5.74, 6) is -1.17. The Labute approximate surface area is 187 Å². The third-order valence-corrected chi connectivity index (χ3v) is 5.83. The lowest BCUT2D eigenvalue weighted by atomic mass is 10.1. The van der Waals surface area contributed by atoms with E-state index in [-0.39, 0.29) is 24.3 Å². The number of rotatable bonds is 4. The fraction of sp³-hybridized carbons (Fsp3) is 0.318. The van der Waals surface area contributed by atoms with Gasteiger partial charge in [0.2, 0.25) is 11.8 Å². The average molecular weight is 462 g/mol. The van der Waals surface area contributed by atoms with Crippen LogP contribution < -0.4 is 20.3 Å². The number of amides is 3. The molecule has 0 aliphatic carbocycles. The molecular formula is C22H21F3N4O4. The lowest BCUT2D eigenvalue weighted by Crippen LogP contribution is -2.65. The number of fused-ring (bicyclic) bond motifs is 3. The Balaban J connectivity index is 1.82. The van der Waals surface area contributed by atoms with Gasteiger partial charge in [0.25, 0.3) is 5.91 Å². The monoisotopic (exact) mass is 462 g/mol. The molecule has 1 saturated heterocycles. The van der Waals surface area contributed by atoms with E-state index < -0.39 is 41.7 Å². The molecule has 2 atom stereocenters. The molecule has 4 rings (SSSR count). The molecule has 174 valence electrons. The lowest BCUT2D eigenvalue weighted by molar-refractivity contribution is -0.138. The highest BCUT2D eigenvalue weighted by atomic mass is 19.4. The second-order valence-electron chi connectivity index (χ2n) is 7.85. The summed E-state index contributed by atoms with van der Waals surface area (Å²) in [5.41, 5.74) is 4.95. The lowest BCUT2D eigenvalue weighted by Gasteiger charge is -2.44. The molecule has 0 radical (unpaired) electrons. The number of nitrogens with two attached hydrogens (primary N) is 1. The summed E-state index contributed by atoms with van der Waals surface area (Å²) in [6.45, 7) is 1.12. The van der Waals surface area contributed by atoms with Crippen molar-refractivity contribution in [3.63, 3.8) is 0 Å². The molecule has 0 saturated carbocycles. The first-order valence-electron chi connectivity index (χ1n) is 10.1. The van der Waals surface area contributed by atoms with Crippen LogP contribution in [0.3, 0.4) is 0 Å². The Morgan fingerprint density at radius 3 is 2.36 bits per heavy atom. The van der Waals surface area contributed by atoms with E-state index in [1.807, 2.05) is 0 Å². The summed E-state index contributed by atoms with van der Waals surface area (Å²) in [6.07, 6.45) is -5.43. The number of ether oxygens (including phenoxy) is 1. The minimum Gasteiger partial charge on any atom is -0.497 e. The first-order valence-corrected chi connectivity index (χ1v) is 10.1. The van der Waals surface area contributed by atoms with Gasteiger partial charge in [-0.1, -0.05) is 0 Å². The predicted octanol–water partition coefficient (Wildman–Crippen LogP) is 2.22. The molecule has 2 aromatic carbocycles. The van der Waals surface area contributed by atoms with Crippen molar-refractivity contribution in [2.24, 2.45) is 5.73 Å². The molecule has 3 amide bonds. The predicted molar refractivity (Wildman–Crippen MR) is 113 cm³/mol. The molecule has 0 aromatic heterocycles. The van der Waals surface area contributed by atoms with E-state index in [2.05, 4.69) is 0 Å². The molecule has 2 heterocycles. The fourth-order valence-electron chi connectivity index (χ4n) is 4.31. The van der Waals surface area contributed by atoms with Gasteiger partial charge in [-0.25, -0.2) is 0 Å². The van der Waals surface area contributed by atoms with Crippen molar-refractivity contribution in [1.29, 1.82) is 0 Å².